The van der Waals surface area contributed by atoms with Crippen LogP contribution in [0.3, 0.4) is 0 Å². The molecule has 0 aliphatic rings. The van der Waals surface area contributed by atoms with Crippen LogP contribution in [0.15, 0.2) is 48.5 Å². The Labute approximate surface area is 106 Å². The average Bonchev–Trinajstić information content (AvgIpc) is 2.45. The summed E-state index contributed by atoms with van der Waals surface area (Å²) < 4.78 is 5.39. The third-order valence-corrected chi connectivity index (χ3v) is 2.29. The second kappa shape index (κ2) is 6.51. The minimum atomic E-state index is -0.110. The van der Waals surface area contributed by atoms with E-state index >= 15 is 0 Å². The Bertz CT molecular complexity index is 495. The van der Waals surface area contributed by atoms with Crippen LogP contribution in [0.2, 0.25) is 0 Å². The Balaban J connectivity index is 1.83. The van der Waals surface area contributed by atoms with E-state index in [4.69, 9.17) is 9.84 Å². The lowest BCUT2D eigenvalue weighted by Crippen LogP contribution is -1.99. The van der Waals surface area contributed by atoms with Crippen molar-refractivity contribution in [3.8, 4) is 5.88 Å². The van der Waals surface area contributed by atoms with E-state index in [9.17, 15) is 0 Å². The fraction of sp³-hybridized carbons (Fsp3) is 0.143. The lowest BCUT2D eigenvalue weighted by molar-refractivity contribution is 0.273. The number of aliphatic hydroxyl groups excluding tert-OH is 1. The van der Waals surface area contributed by atoms with Gasteiger partial charge >= 0.3 is 0 Å². The highest BCUT2D eigenvalue weighted by Gasteiger charge is 1.95. The van der Waals surface area contributed by atoms with Crippen molar-refractivity contribution in [1.82, 2.24) is 10.2 Å². The van der Waals surface area contributed by atoms with Gasteiger partial charge in [0.15, 0.2) is 0 Å². The van der Waals surface area contributed by atoms with E-state index in [1.54, 1.807) is 12.1 Å². The van der Waals surface area contributed by atoms with Crippen LogP contribution in [0.1, 0.15) is 11.3 Å². The molecule has 2 aromatic rings. The van der Waals surface area contributed by atoms with Gasteiger partial charge in [-0.25, -0.2) is 0 Å². The van der Waals surface area contributed by atoms with Crippen LogP contribution in [0.25, 0.3) is 6.08 Å². The highest BCUT2D eigenvalue weighted by Crippen LogP contribution is 2.05. The first kappa shape index (κ1) is 12.3. The maximum atomic E-state index is 8.81. The number of benzene rings is 1. The smallest absolute Gasteiger partial charge is 0.233 e. The molecular formula is C14H14N2O2. The first-order valence-electron chi connectivity index (χ1n) is 5.66. The maximum absolute atomic E-state index is 8.81. The third-order valence-electron chi connectivity index (χ3n) is 2.29. The number of aliphatic hydroxyl groups is 1. The van der Waals surface area contributed by atoms with Gasteiger partial charge in [-0.1, -0.05) is 36.4 Å². The molecular weight excluding hydrogens is 228 g/mol. The average molecular weight is 242 g/mol. The number of nitrogens with zero attached hydrogens (tertiary/aromatic N) is 2. The number of ether oxygens (including phenoxy) is 1. The minimum absolute atomic E-state index is 0.110. The molecule has 0 aliphatic heterocycles. The largest absolute Gasteiger partial charge is 0.472 e. The number of hydrogen-bond acceptors (Lipinski definition) is 4. The second-order valence-electron chi connectivity index (χ2n) is 3.65. The van der Waals surface area contributed by atoms with Crippen molar-refractivity contribution in [2.45, 2.75) is 6.61 Å². The van der Waals surface area contributed by atoms with Crippen LogP contribution in [0.4, 0.5) is 0 Å². The van der Waals surface area contributed by atoms with Gasteiger partial charge in [-0.15, -0.1) is 10.2 Å². The molecule has 1 aromatic heterocycles. The zero-order valence-electron chi connectivity index (χ0n) is 9.86. The van der Waals surface area contributed by atoms with E-state index in [0.29, 0.717) is 18.2 Å². The van der Waals surface area contributed by atoms with Crippen molar-refractivity contribution < 1.29 is 9.84 Å². The zero-order valence-corrected chi connectivity index (χ0v) is 9.86. The lowest BCUT2D eigenvalue weighted by atomic mass is 10.2. The highest BCUT2D eigenvalue weighted by molar-refractivity contribution is 5.48. The fourth-order valence-corrected chi connectivity index (χ4v) is 1.39. The standard InChI is InChI=1S/C14H14N2O2/c17-11-13-8-9-14(16-15-13)18-10-4-7-12-5-2-1-3-6-12/h1-9,17H,10-11H2. The van der Waals surface area contributed by atoms with Crippen molar-refractivity contribution >= 4 is 6.08 Å². The summed E-state index contributed by atoms with van der Waals surface area (Å²) in [6, 6.07) is 13.4. The maximum Gasteiger partial charge on any atom is 0.233 e. The summed E-state index contributed by atoms with van der Waals surface area (Å²) in [5.74, 6) is 0.449. The van der Waals surface area contributed by atoms with E-state index in [1.165, 1.54) is 0 Å². The molecule has 1 heterocycles. The molecule has 18 heavy (non-hydrogen) atoms. The molecule has 4 heteroatoms. The number of hydrogen-bond donors (Lipinski definition) is 1. The van der Waals surface area contributed by atoms with E-state index in [-0.39, 0.29) is 6.61 Å². The third kappa shape index (κ3) is 3.68. The van der Waals surface area contributed by atoms with Crippen LogP contribution in [-0.2, 0) is 6.61 Å². The van der Waals surface area contributed by atoms with Gasteiger partial charge in [0.05, 0.1) is 12.3 Å². The molecule has 1 aromatic carbocycles. The van der Waals surface area contributed by atoms with Gasteiger partial charge in [0.2, 0.25) is 5.88 Å². The van der Waals surface area contributed by atoms with E-state index < -0.39 is 0 Å². The molecule has 0 saturated heterocycles. The summed E-state index contributed by atoms with van der Waals surface area (Å²) in [4.78, 5) is 0. The highest BCUT2D eigenvalue weighted by atomic mass is 16.5. The van der Waals surface area contributed by atoms with Crippen LogP contribution in [0.5, 0.6) is 5.88 Å². The Hall–Kier alpha value is -2.20. The van der Waals surface area contributed by atoms with E-state index in [2.05, 4.69) is 10.2 Å². The van der Waals surface area contributed by atoms with Crippen LogP contribution in [-0.4, -0.2) is 21.9 Å². The summed E-state index contributed by atoms with van der Waals surface area (Å²) in [5, 5.41) is 16.4. The summed E-state index contributed by atoms with van der Waals surface area (Å²) in [7, 11) is 0. The minimum Gasteiger partial charge on any atom is -0.472 e. The molecule has 0 unspecified atom stereocenters. The molecule has 0 fully saturated rings. The predicted molar refractivity (Wildman–Crippen MR) is 68.9 cm³/mol. The molecule has 0 spiro atoms. The van der Waals surface area contributed by atoms with Crippen molar-refractivity contribution in [1.29, 1.82) is 0 Å². The number of aromatic nitrogens is 2. The summed E-state index contributed by atoms with van der Waals surface area (Å²) in [5.41, 5.74) is 1.66. The first-order valence-corrected chi connectivity index (χ1v) is 5.66. The zero-order chi connectivity index (χ0) is 12.6. The Morgan fingerprint density at radius 1 is 1.06 bits per heavy atom. The molecule has 0 amide bonds. The summed E-state index contributed by atoms with van der Waals surface area (Å²) in [6.45, 7) is 0.323. The normalized spacial score (nSPS) is 10.7. The second-order valence-corrected chi connectivity index (χ2v) is 3.65. The SMILES string of the molecule is OCc1ccc(OCC=Cc2ccccc2)nn1. The van der Waals surface area contributed by atoms with Gasteiger partial charge in [0.1, 0.15) is 6.61 Å². The van der Waals surface area contributed by atoms with E-state index in [0.717, 1.165) is 5.56 Å². The molecule has 0 bridgehead atoms. The van der Waals surface area contributed by atoms with Crippen LogP contribution >= 0.6 is 0 Å². The van der Waals surface area contributed by atoms with Crippen molar-refractivity contribution in [3.05, 3.63) is 59.8 Å². The van der Waals surface area contributed by atoms with Gasteiger partial charge < -0.3 is 9.84 Å². The molecule has 0 radical (unpaired) electrons. The molecule has 92 valence electrons. The molecule has 0 atom stereocenters. The van der Waals surface area contributed by atoms with Gasteiger partial charge in [-0.2, -0.15) is 0 Å². The molecule has 0 saturated carbocycles. The lowest BCUT2D eigenvalue weighted by Gasteiger charge is -2.01. The van der Waals surface area contributed by atoms with Gasteiger partial charge in [0.25, 0.3) is 0 Å². The Morgan fingerprint density at radius 3 is 2.56 bits per heavy atom. The molecule has 2 rings (SSSR count). The molecule has 4 nitrogen and oxygen atoms in total. The first-order chi connectivity index (χ1) is 8.88. The van der Waals surface area contributed by atoms with Gasteiger partial charge in [-0.3, -0.25) is 0 Å². The summed E-state index contributed by atoms with van der Waals surface area (Å²) >= 11 is 0. The monoisotopic (exact) mass is 242 g/mol. The molecule has 0 aliphatic carbocycles. The quantitative estimate of drug-likeness (QED) is 0.872. The number of rotatable bonds is 5. The van der Waals surface area contributed by atoms with Crippen LogP contribution < -0.4 is 4.74 Å². The Kier molecular flexibility index (Phi) is 4.44. The van der Waals surface area contributed by atoms with Crippen molar-refractivity contribution in [2.24, 2.45) is 0 Å². The Morgan fingerprint density at radius 2 is 1.89 bits per heavy atom. The predicted octanol–water partition coefficient (Wildman–Crippen LogP) is 2.06. The van der Waals surface area contributed by atoms with Gasteiger partial charge in [-0.05, 0) is 17.7 Å². The van der Waals surface area contributed by atoms with Gasteiger partial charge in [0, 0.05) is 6.07 Å². The fourth-order valence-electron chi connectivity index (χ4n) is 1.39. The van der Waals surface area contributed by atoms with Crippen LogP contribution in [0, 0.1) is 0 Å². The van der Waals surface area contributed by atoms with E-state index in [1.807, 2.05) is 42.5 Å². The van der Waals surface area contributed by atoms with Crippen molar-refractivity contribution in [2.75, 3.05) is 6.61 Å². The van der Waals surface area contributed by atoms with Crippen molar-refractivity contribution in [3.63, 3.8) is 0 Å². The topological polar surface area (TPSA) is 55.2 Å². The molecule has 1 N–H and O–H groups in total. The summed E-state index contributed by atoms with van der Waals surface area (Å²) in [6.07, 6.45) is 3.90.